The van der Waals surface area contributed by atoms with Crippen molar-refractivity contribution >= 4 is 30.3 Å². The van der Waals surface area contributed by atoms with Crippen molar-refractivity contribution in [2.75, 3.05) is 0 Å². The molecule has 0 bridgehead atoms. The SMILES string of the molecule is CC(=O)Oc1ccccc1C(=O)Oc1ccccc1C(=O)O.Cl. The minimum absolute atomic E-state index is 0. The first kappa shape index (κ1) is 18.2. The number of aromatic carboxylic acids is 1. The van der Waals surface area contributed by atoms with Gasteiger partial charge in [0.2, 0.25) is 0 Å². The summed E-state index contributed by atoms with van der Waals surface area (Å²) in [5.41, 5.74) is -0.112. The molecule has 0 spiro atoms. The number of carbonyl (C=O) groups excluding carboxylic acids is 2. The number of para-hydroxylation sites is 2. The third-order valence-electron chi connectivity index (χ3n) is 2.68. The number of halogens is 1. The summed E-state index contributed by atoms with van der Waals surface area (Å²) < 4.78 is 10.0. The maximum atomic E-state index is 12.2. The molecule has 2 aromatic carbocycles. The van der Waals surface area contributed by atoms with E-state index in [1.165, 1.54) is 37.3 Å². The number of esters is 2. The lowest BCUT2D eigenvalue weighted by Crippen LogP contribution is -2.14. The fraction of sp³-hybridized carbons (Fsp3) is 0.0625. The average Bonchev–Trinajstić information content (AvgIpc) is 2.47. The van der Waals surface area contributed by atoms with Crippen LogP contribution in [0.4, 0.5) is 0 Å². The summed E-state index contributed by atoms with van der Waals surface area (Å²) in [5.74, 6) is -2.64. The van der Waals surface area contributed by atoms with Crippen LogP contribution in [0.1, 0.15) is 27.6 Å². The molecule has 23 heavy (non-hydrogen) atoms. The average molecular weight is 337 g/mol. The monoisotopic (exact) mass is 336 g/mol. The molecule has 120 valence electrons. The largest absolute Gasteiger partial charge is 0.478 e. The minimum Gasteiger partial charge on any atom is -0.478 e. The van der Waals surface area contributed by atoms with E-state index in [1.54, 1.807) is 18.2 Å². The van der Waals surface area contributed by atoms with Crippen LogP contribution in [-0.2, 0) is 4.79 Å². The number of carboxylic acids is 1. The van der Waals surface area contributed by atoms with Gasteiger partial charge >= 0.3 is 17.9 Å². The summed E-state index contributed by atoms with van der Waals surface area (Å²) in [6.07, 6.45) is 0. The first-order valence-corrected chi connectivity index (χ1v) is 6.31. The van der Waals surface area contributed by atoms with Crippen molar-refractivity contribution in [3.8, 4) is 11.5 Å². The van der Waals surface area contributed by atoms with Gasteiger partial charge in [0, 0.05) is 6.92 Å². The predicted molar refractivity (Wildman–Crippen MR) is 83.4 cm³/mol. The Labute approximate surface area is 138 Å². The van der Waals surface area contributed by atoms with E-state index in [4.69, 9.17) is 14.6 Å². The molecule has 2 rings (SSSR count). The third kappa shape index (κ3) is 4.55. The number of hydrogen-bond donors (Lipinski definition) is 1. The Morgan fingerprint density at radius 3 is 1.83 bits per heavy atom. The molecule has 0 saturated heterocycles. The normalized spacial score (nSPS) is 9.43. The van der Waals surface area contributed by atoms with Crippen LogP contribution in [0.25, 0.3) is 0 Å². The van der Waals surface area contributed by atoms with Gasteiger partial charge in [0.05, 0.1) is 0 Å². The Bertz CT molecular complexity index is 741. The molecular weight excluding hydrogens is 324 g/mol. The Kier molecular flexibility index (Phi) is 6.29. The summed E-state index contributed by atoms with van der Waals surface area (Å²) in [5, 5.41) is 9.06. The Morgan fingerprint density at radius 1 is 0.826 bits per heavy atom. The van der Waals surface area contributed by atoms with Crippen molar-refractivity contribution in [2.24, 2.45) is 0 Å². The molecule has 0 heterocycles. The number of hydrogen-bond acceptors (Lipinski definition) is 5. The molecule has 7 heteroatoms. The maximum Gasteiger partial charge on any atom is 0.347 e. The van der Waals surface area contributed by atoms with Crippen LogP contribution < -0.4 is 9.47 Å². The van der Waals surface area contributed by atoms with Gasteiger partial charge in [-0.05, 0) is 24.3 Å². The Balaban J connectivity index is 0.00000264. The highest BCUT2D eigenvalue weighted by Crippen LogP contribution is 2.23. The van der Waals surface area contributed by atoms with Crippen LogP contribution in [0.5, 0.6) is 11.5 Å². The van der Waals surface area contributed by atoms with Gasteiger partial charge in [-0.15, -0.1) is 12.4 Å². The molecule has 0 aromatic heterocycles. The summed E-state index contributed by atoms with van der Waals surface area (Å²) in [6, 6.07) is 11.8. The van der Waals surface area contributed by atoms with E-state index < -0.39 is 17.9 Å². The minimum atomic E-state index is -1.21. The van der Waals surface area contributed by atoms with Crippen molar-refractivity contribution in [1.82, 2.24) is 0 Å². The molecule has 0 unspecified atom stereocenters. The number of rotatable bonds is 4. The van der Waals surface area contributed by atoms with E-state index in [0.29, 0.717) is 0 Å². The number of carboxylic acid groups (broad SMARTS) is 1. The summed E-state index contributed by atoms with van der Waals surface area (Å²) >= 11 is 0. The quantitative estimate of drug-likeness (QED) is 0.682. The fourth-order valence-corrected chi connectivity index (χ4v) is 1.77. The molecule has 0 aliphatic carbocycles. The van der Waals surface area contributed by atoms with Gasteiger partial charge in [-0.3, -0.25) is 4.79 Å². The van der Waals surface area contributed by atoms with Crippen molar-refractivity contribution in [3.05, 3.63) is 59.7 Å². The second kappa shape index (κ2) is 7.95. The van der Waals surface area contributed by atoms with E-state index in [9.17, 15) is 14.4 Å². The summed E-state index contributed by atoms with van der Waals surface area (Å²) in [6.45, 7) is 1.21. The van der Waals surface area contributed by atoms with Crippen LogP contribution in [0.2, 0.25) is 0 Å². The molecule has 0 atom stereocenters. The van der Waals surface area contributed by atoms with Crippen LogP contribution >= 0.6 is 12.4 Å². The lowest BCUT2D eigenvalue weighted by molar-refractivity contribution is -0.131. The maximum absolute atomic E-state index is 12.2. The Morgan fingerprint density at radius 2 is 1.30 bits per heavy atom. The molecule has 0 fully saturated rings. The first-order chi connectivity index (χ1) is 10.5. The predicted octanol–water partition coefficient (Wildman–Crippen LogP) is 2.95. The first-order valence-electron chi connectivity index (χ1n) is 6.31. The van der Waals surface area contributed by atoms with Gasteiger partial charge in [-0.2, -0.15) is 0 Å². The van der Waals surface area contributed by atoms with Gasteiger partial charge < -0.3 is 14.6 Å². The molecule has 0 aliphatic rings. The van der Waals surface area contributed by atoms with Crippen LogP contribution in [0.15, 0.2) is 48.5 Å². The van der Waals surface area contributed by atoms with Crippen molar-refractivity contribution < 1.29 is 29.0 Å². The molecule has 0 aliphatic heterocycles. The third-order valence-corrected chi connectivity index (χ3v) is 2.68. The van der Waals surface area contributed by atoms with E-state index in [2.05, 4.69) is 0 Å². The summed E-state index contributed by atoms with van der Waals surface area (Å²) in [7, 11) is 0. The lowest BCUT2D eigenvalue weighted by atomic mass is 10.2. The number of carbonyl (C=O) groups is 3. The molecule has 2 aromatic rings. The van der Waals surface area contributed by atoms with Crippen LogP contribution in [0.3, 0.4) is 0 Å². The van der Waals surface area contributed by atoms with Crippen LogP contribution in [-0.4, -0.2) is 23.0 Å². The standard InChI is InChI=1S/C16H12O6.ClH/c1-10(17)21-14-9-5-3-7-12(14)16(20)22-13-8-4-2-6-11(13)15(18)19;/h2-9H,1H3,(H,18,19);1H. The van der Waals surface area contributed by atoms with Crippen LogP contribution in [0, 0.1) is 0 Å². The highest BCUT2D eigenvalue weighted by atomic mass is 35.5. The molecule has 1 N–H and O–H groups in total. The molecule has 6 nitrogen and oxygen atoms in total. The second-order valence-corrected chi connectivity index (χ2v) is 4.28. The highest BCUT2D eigenvalue weighted by molar-refractivity contribution is 5.97. The zero-order chi connectivity index (χ0) is 16.1. The van der Waals surface area contributed by atoms with Crippen molar-refractivity contribution in [1.29, 1.82) is 0 Å². The van der Waals surface area contributed by atoms with Crippen molar-refractivity contribution in [3.63, 3.8) is 0 Å². The second-order valence-electron chi connectivity index (χ2n) is 4.28. The van der Waals surface area contributed by atoms with Gasteiger partial charge in [-0.25, -0.2) is 9.59 Å². The van der Waals surface area contributed by atoms with E-state index in [0.717, 1.165) is 0 Å². The zero-order valence-corrected chi connectivity index (χ0v) is 12.8. The van der Waals surface area contributed by atoms with Crippen molar-refractivity contribution in [2.45, 2.75) is 6.92 Å². The fourth-order valence-electron chi connectivity index (χ4n) is 1.77. The summed E-state index contributed by atoms with van der Waals surface area (Å²) in [4.78, 5) is 34.3. The van der Waals surface area contributed by atoms with Gasteiger partial charge in [-0.1, -0.05) is 24.3 Å². The number of benzene rings is 2. The molecule has 0 saturated carbocycles. The van der Waals surface area contributed by atoms with E-state index >= 15 is 0 Å². The van der Waals surface area contributed by atoms with Gasteiger partial charge in [0.25, 0.3) is 0 Å². The molecule has 0 radical (unpaired) electrons. The molecular formula is C16H13ClO6. The highest BCUT2D eigenvalue weighted by Gasteiger charge is 2.19. The topological polar surface area (TPSA) is 89.9 Å². The van der Waals surface area contributed by atoms with Gasteiger partial charge in [0.1, 0.15) is 22.6 Å². The Hall–Kier alpha value is -2.86. The molecule has 0 amide bonds. The van der Waals surface area contributed by atoms with E-state index in [1.807, 2.05) is 0 Å². The van der Waals surface area contributed by atoms with E-state index in [-0.39, 0.29) is 35.0 Å². The number of ether oxygens (including phenoxy) is 2. The lowest BCUT2D eigenvalue weighted by Gasteiger charge is -2.10. The zero-order valence-electron chi connectivity index (χ0n) is 12.0. The smallest absolute Gasteiger partial charge is 0.347 e. The van der Waals surface area contributed by atoms with Gasteiger partial charge in [0.15, 0.2) is 0 Å².